The van der Waals surface area contributed by atoms with Crippen molar-refractivity contribution >= 4 is 11.0 Å². The summed E-state index contributed by atoms with van der Waals surface area (Å²) < 4.78 is 31.3. The molecule has 2 fully saturated rings. The van der Waals surface area contributed by atoms with Gasteiger partial charge in [-0.3, -0.25) is 14.5 Å². The lowest BCUT2D eigenvalue weighted by Gasteiger charge is -2.16. The summed E-state index contributed by atoms with van der Waals surface area (Å²) in [6, 6.07) is 23.1. The lowest BCUT2D eigenvalue weighted by Crippen LogP contribution is -2.23. The van der Waals surface area contributed by atoms with Crippen molar-refractivity contribution in [2.45, 2.75) is 39.7 Å². The molecule has 278 valence electrons. The van der Waals surface area contributed by atoms with Gasteiger partial charge >= 0.3 is 0 Å². The Morgan fingerprint density at radius 1 is 0.667 bits per heavy atom. The highest BCUT2D eigenvalue weighted by Crippen LogP contribution is 2.32. The van der Waals surface area contributed by atoms with Crippen LogP contribution in [0.3, 0.4) is 0 Å². The van der Waals surface area contributed by atoms with Gasteiger partial charge in [-0.1, -0.05) is 75.9 Å². The molecular weight excluding hydrogens is 691 g/mol. The number of likely N-dealkylation sites (tertiary alicyclic amines) is 1. The summed E-state index contributed by atoms with van der Waals surface area (Å²) in [6.45, 7) is 8.52. The first-order valence-electron chi connectivity index (χ1n) is 17.7. The molecule has 6 heterocycles. The van der Waals surface area contributed by atoms with Gasteiger partial charge in [-0.2, -0.15) is 10.2 Å². The second-order valence-corrected chi connectivity index (χ2v) is 13.9. The van der Waals surface area contributed by atoms with Gasteiger partial charge in [0.25, 0.3) is 11.1 Å². The predicted molar refractivity (Wildman–Crippen MR) is 203 cm³/mol. The molecule has 4 aromatic heterocycles. The van der Waals surface area contributed by atoms with E-state index >= 15 is 0 Å². The van der Waals surface area contributed by atoms with Crippen molar-refractivity contribution in [3.63, 3.8) is 0 Å². The highest BCUT2D eigenvalue weighted by atomic mass is 19.1. The molecule has 3 N–H and O–H groups in total. The van der Waals surface area contributed by atoms with Gasteiger partial charge in [0.1, 0.15) is 23.3 Å². The van der Waals surface area contributed by atoms with E-state index < -0.39 is 5.82 Å². The van der Waals surface area contributed by atoms with Crippen LogP contribution < -0.4 is 16.4 Å². The van der Waals surface area contributed by atoms with E-state index in [9.17, 15) is 18.4 Å². The number of aromatic nitrogens is 8. The van der Waals surface area contributed by atoms with Crippen LogP contribution in [0, 0.1) is 23.5 Å². The largest absolute Gasteiger partial charge is 0.316 e. The summed E-state index contributed by atoms with van der Waals surface area (Å²) in [4.78, 5) is 41.7. The van der Waals surface area contributed by atoms with E-state index in [0.717, 1.165) is 32.7 Å². The molecule has 54 heavy (non-hydrogen) atoms. The Morgan fingerprint density at radius 3 is 1.70 bits per heavy atom. The number of hydrogen-bond donors (Lipinski definition) is 3. The zero-order valence-electron chi connectivity index (χ0n) is 29.2. The van der Waals surface area contributed by atoms with Crippen molar-refractivity contribution in [1.82, 2.24) is 49.4 Å². The molecule has 9 rings (SSSR count). The zero-order valence-corrected chi connectivity index (χ0v) is 29.2. The van der Waals surface area contributed by atoms with Gasteiger partial charge in [-0.05, 0) is 48.2 Å². The molecule has 4 atom stereocenters. The Balaban J connectivity index is 0.000000169. The molecule has 0 spiro atoms. The summed E-state index contributed by atoms with van der Waals surface area (Å²) in [5.41, 5.74) is 2.02. The number of imidazole rings is 2. The van der Waals surface area contributed by atoms with Crippen molar-refractivity contribution < 1.29 is 8.78 Å². The van der Waals surface area contributed by atoms with E-state index in [2.05, 4.69) is 61.2 Å². The summed E-state index contributed by atoms with van der Waals surface area (Å²) in [5, 5.41) is 12.5. The average Bonchev–Trinajstić information content (AvgIpc) is 3.96. The lowest BCUT2D eigenvalue weighted by molar-refractivity contribution is 0.318. The molecule has 3 aromatic carbocycles. The molecule has 2 aliphatic rings. The van der Waals surface area contributed by atoms with Crippen LogP contribution in [0.15, 0.2) is 101 Å². The number of nitrogens with zero attached hydrogens (tertiary/aromatic N) is 7. The SMILES string of the molecule is C.CC1CN(Cc2ccccc2)CC1c1nn2c(-c3ccccc3F)ncc2c(=O)[nH]1.CC1CNCC1c1nn2c(-c3ccccc3F)ncc2c(=O)[nH]1. The van der Waals surface area contributed by atoms with Crippen molar-refractivity contribution in [2.75, 3.05) is 26.2 Å². The molecule has 4 unspecified atom stereocenters. The average molecular weight is 733 g/mol. The maximum Gasteiger partial charge on any atom is 0.276 e. The van der Waals surface area contributed by atoms with Gasteiger partial charge in [0.15, 0.2) is 22.7 Å². The first-order valence-corrected chi connectivity index (χ1v) is 17.7. The minimum absolute atomic E-state index is 0. The first kappa shape index (κ1) is 36.5. The molecule has 2 aliphatic heterocycles. The third-order valence-electron chi connectivity index (χ3n) is 10.2. The highest BCUT2D eigenvalue weighted by molar-refractivity contribution is 5.62. The second kappa shape index (κ2) is 15.2. The Hall–Kier alpha value is -5.86. The fraction of sp³-hybridized carbons (Fsp3) is 0.300. The minimum atomic E-state index is -0.392. The molecule has 0 bridgehead atoms. The molecule has 12 nitrogen and oxygen atoms in total. The van der Waals surface area contributed by atoms with Crippen LogP contribution in [0.1, 0.15) is 50.3 Å². The van der Waals surface area contributed by atoms with E-state index in [1.165, 1.54) is 39.1 Å². The number of aromatic amines is 2. The summed E-state index contributed by atoms with van der Waals surface area (Å²) >= 11 is 0. The van der Waals surface area contributed by atoms with Gasteiger partial charge in [0.05, 0.1) is 23.5 Å². The van der Waals surface area contributed by atoms with Crippen molar-refractivity contribution in [1.29, 1.82) is 0 Å². The number of benzene rings is 3. The van der Waals surface area contributed by atoms with Crippen LogP contribution >= 0.6 is 0 Å². The first-order chi connectivity index (χ1) is 25.7. The third kappa shape index (κ3) is 6.97. The van der Waals surface area contributed by atoms with Crippen LogP contribution in [0.25, 0.3) is 33.8 Å². The Bertz CT molecular complexity index is 2530. The second-order valence-electron chi connectivity index (χ2n) is 13.9. The smallest absolute Gasteiger partial charge is 0.276 e. The maximum atomic E-state index is 14.3. The minimum Gasteiger partial charge on any atom is -0.316 e. The highest BCUT2D eigenvalue weighted by Gasteiger charge is 2.33. The number of halogens is 2. The lowest BCUT2D eigenvalue weighted by atomic mass is 9.97. The van der Waals surface area contributed by atoms with E-state index in [1.54, 1.807) is 36.4 Å². The van der Waals surface area contributed by atoms with Crippen LogP contribution in [0.2, 0.25) is 0 Å². The normalized spacial score (nSPS) is 19.9. The van der Waals surface area contributed by atoms with Gasteiger partial charge in [0.2, 0.25) is 0 Å². The quantitative estimate of drug-likeness (QED) is 0.200. The van der Waals surface area contributed by atoms with Crippen molar-refractivity contribution in [2.24, 2.45) is 11.8 Å². The molecule has 0 radical (unpaired) electrons. The molecule has 2 saturated heterocycles. The fourth-order valence-corrected chi connectivity index (χ4v) is 7.39. The monoisotopic (exact) mass is 732 g/mol. The molecular formula is C40H42F2N10O2. The number of hydrogen-bond acceptors (Lipinski definition) is 8. The van der Waals surface area contributed by atoms with Gasteiger partial charge in [-0.15, -0.1) is 0 Å². The molecule has 14 heteroatoms. The van der Waals surface area contributed by atoms with E-state index in [1.807, 2.05) is 18.2 Å². The summed E-state index contributed by atoms with van der Waals surface area (Å²) in [6.07, 6.45) is 2.87. The Labute approximate surface area is 309 Å². The third-order valence-corrected chi connectivity index (χ3v) is 10.2. The number of rotatable bonds is 6. The van der Waals surface area contributed by atoms with Crippen LogP contribution in [-0.2, 0) is 6.54 Å². The number of nitrogens with one attached hydrogen (secondary N) is 3. The van der Waals surface area contributed by atoms with Crippen LogP contribution in [-0.4, -0.2) is 70.2 Å². The summed E-state index contributed by atoms with van der Waals surface area (Å²) in [7, 11) is 0. The molecule has 7 aromatic rings. The van der Waals surface area contributed by atoms with Crippen LogP contribution in [0.4, 0.5) is 8.78 Å². The van der Waals surface area contributed by atoms with Crippen molar-refractivity contribution in [3.8, 4) is 22.8 Å². The predicted octanol–water partition coefficient (Wildman–Crippen LogP) is 5.64. The maximum absolute atomic E-state index is 14.3. The standard InChI is InChI=1S/C23H22FN5O.C16H16FN5O.CH4/c1-15-12-28(13-16-7-3-2-4-8-16)14-18(15)21-26-23(30)20-11-25-22(29(20)27-21)17-9-5-6-10-19(17)24;1-9-6-18-7-11(9)14-20-16(23)13-8-19-15(22(13)21-14)10-4-2-3-5-12(10)17;/h2-11,15,18H,12-14H2,1H3,(H,26,27,30);2-5,8-9,11,18H,6-7H2,1H3,(H,20,21,23);1H4. The Morgan fingerprint density at radius 2 is 1.19 bits per heavy atom. The van der Waals surface area contributed by atoms with Gasteiger partial charge in [-0.25, -0.2) is 27.8 Å². The fourth-order valence-electron chi connectivity index (χ4n) is 7.39. The Kier molecular flexibility index (Phi) is 10.3. The molecule has 0 amide bonds. The number of fused-ring (bicyclic) bond motifs is 2. The van der Waals surface area contributed by atoms with Gasteiger partial charge in [0, 0.05) is 38.0 Å². The topological polar surface area (TPSA) is 141 Å². The number of H-pyrrole nitrogens is 2. The molecule has 0 aliphatic carbocycles. The molecule has 0 saturated carbocycles. The van der Waals surface area contributed by atoms with Gasteiger partial charge < -0.3 is 15.3 Å². The van der Waals surface area contributed by atoms with E-state index in [4.69, 9.17) is 5.10 Å². The summed E-state index contributed by atoms with van der Waals surface area (Å²) in [5.74, 6) is 2.03. The van der Waals surface area contributed by atoms with E-state index in [-0.39, 0.29) is 36.2 Å². The van der Waals surface area contributed by atoms with Crippen molar-refractivity contribution in [3.05, 3.63) is 141 Å². The van der Waals surface area contributed by atoms with E-state index in [0.29, 0.717) is 57.3 Å². The van der Waals surface area contributed by atoms with Crippen LogP contribution in [0.5, 0.6) is 0 Å². The zero-order chi connectivity index (χ0) is 36.6.